The lowest BCUT2D eigenvalue weighted by atomic mass is 10.2. The topological polar surface area (TPSA) is 51.0 Å². The number of rotatable bonds is 4. The Labute approximate surface area is 101 Å². The van der Waals surface area contributed by atoms with Crippen LogP contribution in [0.3, 0.4) is 0 Å². The maximum atomic E-state index is 5.47. The second-order valence-corrected chi connectivity index (χ2v) is 4.28. The first-order valence-corrected chi connectivity index (χ1v) is 5.71. The normalized spacial score (nSPS) is 12.6. The summed E-state index contributed by atoms with van der Waals surface area (Å²) < 4.78 is 5.47. The molecule has 0 bridgehead atoms. The van der Waals surface area contributed by atoms with Crippen molar-refractivity contribution in [3.05, 3.63) is 47.4 Å². The zero-order valence-electron chi connectivity index (χ0n) is 10.4. The lowest BCUT2D eigenvalue weighted by Crippen LogP contribution is -2.18. The molecule has 4 heteroatoms. The molecule has 0 radical (unpaired) electrons. The molecule has 0 spiro atoms. The zero-order chi connectivity index (χ0) is 12.3. The van der Waals surface area contributed by atoms with E-state index in [9.17, 15) is 0 Å². The Morgan fingerprint density at radius 2 is 2.12 bits per heavy atom. The van der Waals surface area contributed by atoms with Gasteiger partial charge in [-0.05, 0) is 31.9 Å². The SMILES string of the molecule is Cc1cncc(CNC(C)c2ncc(C)o2)c1. The molecule has 0 saturated heterocycles. The third kappa shape index (κ3) is 3.14. The average Bonchev–Trinajstić information content (AvgIpc) is 2.73. The van der Waals surface area contributed by atoms with Crippen LogP contribution in [0.15, 0.2) is 29.1 Å². The molecule has 2 heterocycles. The Balaban J connectivity index is 1.94. The summed E-state index contributed by atoms with van der Waals surface area (Å²) in [5.41, 5.74) is 2.34. The molecular formula is C13H17N3O. The zero-order valence-corrected chi connectivity index (χ0v) is 10.4. The highest BCUT2D eigenvalue weighted by Gasteiger charge is 2.10. The summed E-state index contributed by atoms with van der Waals surface area (Å²) in [6.45, 7) is 6.73. The van der Waals surface area contributed by atoms with E-state index >= 15 is 0 Å². The average molecular weight is 231 g/mol. The van der Waals surface area contributed by atoms with Crippen molar-refractivity contribution in [2.45, 2.75) is 33.4 Å². The number of oxazole rings is 1. The molecule has 90 valence electrons. The first-order valence-electron chi connectivity index (χ1n) is 5.71. The highest BCUT2D eigenvalue weighted by Crippen LogP contribution is 2.12. The van der Waals surface area contributed by atoms with E-state index in [0.717, 1.165) is 18.2 Å². The smallest absolute Gasteiger partial charge is 0.211 e. The van der Waals surface area contributed by atoms with Gasteiger partial charge in [0.25, 0.3) is 0 Å². The third-order valence-corrected chi connectivity index (χ3v) is 2.55. The number of aryl methyl sites for hydroxylation is 2. The van der Waals surface area contributed by atoms with Crippen molar-refractivity contribution >= 4 is 0 Å². The van der Waals surface area contributed by atoms with Crippen LogP contribution >= 0.6 is 0 Å². The van der Waals surface area contributed by atoms with Crippen molar-refractivity contribution in [3.8, 4) is 0 Å². The molecule has 17 heavy (non-hydrogen) atoms. The molecule has 0 aliphatic carbocycles. The van der Waals surface area contributed by atoms with Gasteiger partial charge < -0.3 is 9.73 Å². The molecule has 2 rings (SSSR count). The van der Waals surface area contributed by atoms with E-state index in [1.165, 1.54) is 11.1 Å². The van der Waals surface area contributed by atoms with Crippen molar-refractivity contribution < 1.29 is 4.42 Å². The Morgan fingerprint density at radius 3 is 2.76 bits per heavy atom. The van der Waals surface area contributed by atoms with Crippen molar-refractivity contribution in [3.63, 3.8) is 0 Å². The van der Waals surface area contributed by atoms with E-state index in [-0.39, 0.29) is 6.04 Å². The molecule has 2 aromatic rings. The highest BCUT2D eigenvalue weighted by molar-refractivity contribution is 5.16. The fourth-order valence-corrected chi connectivity index (χ4v) is 1.64. The van der Waals surface area contributed by atoms with E-state index in [1.807, 2.05) is 33.2 Å². The van der Waals surface area contributed by atoms with Gasteiger partial charge in [-0.15, -0.1) is 0 Å². The fraction of sp³-hybridized carbons (Fsp3) is 0.385. The Kier molecular flexibility index (Phi) is 3.54. The quantitative estimate of drug-likeness (QED) is 0.878. The predicted molar refractivity (Wildman–Crippen MR) is 65.5 cm³/mol. The highest BCUT2D eigenvalue weighted by atomic mass is 16.4. The van der Waals surface area contributed by atoms with E-state index in [4.69, 9.17) is 4.42 Å². The summed E-state index contributed by atoms with van der Waals surface area (Å²) in [7, 11) is 0. The van der Waals surface area contributed by atoms with Gasteiger partial charge in [-0.1, -0.05) is 6.07 Å². The number of pyridine rings is 1. The molecule has 4 nitrogen and oxygen atoms in total. The van der Waals surface area contributed by atoms with E-state index in [0.29, 0.717) is 0 Å². The predicted octanol–water partition coefficient (Wildman–Crippen LogP) is 2.54. The van der Waals surface area contributed by atoms with E-state index in [2.05, 4.69) is 21.4 Å². The maximum absolute atomic E-state index is 5.47. The molecule has 1 atom stereocenters. The summed E-state index contributed by atoms with van der Waals surface area (Å²) in [5, 5.41) is 3.36. The van der Waals surface area contributed by atoms with Crippen LogP contribution in [0.25, 0.3) is 0 Å². The molecule has 0 fully saturated rings. The number of nitrogens with zero attached hydrogens (tertiary/aromatic N) is 2. The van der Waals surface area contributed by atoms with Crippen molar-refractivity contribution in [1.29, 1.82) is 0 Å². The maximum Gasteiger partial charge on any atom is 0.211 e. The van der Waals surface area contributed by atoms with Gasteiger partial charge in [-0.2, -0.15) is 0 Å². The van der Waals surface area contributed by atoms with Crippen molar-refractivity contribution in [1.82, 2.24) is 15.3 Å². The molecule has 0 amide bonds. The Bertz CT molecular complexity index is 493. The lowest BCUT2D eigenvalue weighted by molar-refractivity contribution is 0.402. The van der Waals surface area contributed by atoms with Crippen LogP contribution in [-0.2, 0) is 6.54 Å². The van der Waals surface area contributed by atoms with Crippen LogP contribution < -0.4 is 5.32 Å². The number of hydrogen-bond acceptors (Lipinski definition) is 4. The second-order valence-electron chi connectivity index (χ2n) is 4.28. The Morgan fingerprint density at radius 1 is 1.29 bits per heavy atom. The van der Waals surface area contributed by atoms with Crippen LogP contribution in [-0.4, -0.2) is 9.97 Å². The van der Waals surface area contributed by atoms with Crippen molar-refractivity contribution in [2.75, 3.05) is 0 Å². The molecule has 0 aromatic carbocycles. The third-order valence-electron chi connectivity index (χ3n) is 2.55. The van der Waals surface area contributed by atoms with Crippen LogP contribution in [0.2, 0.25) is 0 Å². The van der Waals surface area contributed by atoms with Gasteiger partial charge in [0, 0.05) is 18.9 Å². The minimum atomic E-state index is 0.101. The van der Waals surface area contributed by atoms with Gasteiger partial charge in [0.05, 0.1) is 12.2 Å². The van der Waals surface area contributed by atoms with Gasteiger partial charge in [0.1, 0.15) is 5.76 Å². The van der Waals surface area contributed by atoms with Gasteiger partial charge in [0.15, 0.2) is 0 Å². The summed E-state index contributed by atoms with van der Waals surface area (Å²) >= 11 is 0. The second kappa shape index (κ2) is 5.10. The first kappa shape index (κ1) is 11.8. The van der Waals surface area contributed by atoms with Crippen LogP contribution in [0.1, 0.15) is 35.7 Å². The molecule has 2 aromatic heterocycles. The summed E-state index contributed by atoms with van der Waals surface area (Å²) in [6, 6.07) is 2.22. The monoisotopic (exact) mass is 231 g/mol. The van der Waals surface area contributed by atoms with Gasteiger partial charge in [-0.3, -0.25) is 4.98 Å². The van der Waals surface area contributed by atoms with Gasteiger partial charge in [-0.25, -0.2) is 4.98 Å². The minimum Gasteiger partial charge on any atom is -0.444 e. The van der Waals surface area contributed by atoms with Crippen molar-refractivity contribution in [2.24, 2.45) is 0 Å². The largest absolute Gasteiger partial charge is 0.444 e. The minimum absolute atomic E-state index is 0.101. The van der Waals surface area contributed by atoms with Gasteiger partial charge in [0.2, 0.25) is 5.89 Å². The fourth-order valence-electron chi connectivity index (χ4n) is 1.64. The molecule has 0 aliphatic rings. The summed E-state index contributed by atoms with van der Waals surface area (Å²) in [6.07, 6.45) is 5.46. The van der Waals surface area contributed by atoms with E-state index in [1.54, 1.807) is 6.20 Å². The first-order chi connectivity index (χ1) is 8.15. The van der Waals surface area contributed by atoms with E-state index < -0.39 is 0 Å². The molecule has 0 aliphatic heterocycles. The molecule has 1 unspecified atom stereocenters. The van der Waals surface area contributed by atoms with Gasteiger partial charge >= 0.3 is 0 Å². The Hall–Kier alpha value is -1.68. The van der Waals surface area contributed by atoms with Crippen LogP contribution in [0.5, 0.6) is 0 Å². The molecule has 1 N–H and O–H groups in total. The van der Waals surface area contributed by atoms with Crippen LogP contribution in [0.4, 0.5) is 0 Å². The summed E-state index contributed by atoms with van der Waals surface area (Å²) in [5.74, 6) is 1.56. The summed E-state index contributed by atoms with van der Waals surface area (Å²) in [4.78, 5) is 8.36. The van der Waals surface area contributed by atoms with Crippen LogP contribution in [0, 0.1) is 13.8 Å². The lowest BCUT2D eigenvalue weighted by Gasteiger charge is -2.10. The number of nitrogens with one attached hydrogen (secondary N) is 1. The number of aromatic nitrogens is 2. The number of hydrogen-bond donors (Lipinski definition) is 1. The standard InChI is InChI=1S/C13H17N3O/c1-9-4-12(7-14-5-9)8-15-11(3)13-16-6-10(2)17-13/h4-7,11,15H,8H2,1-3H3. The molecular weight excluding hydrogens is 214 g/mol. The molecule has 0 saturated carbocycles.